The zero-order chi connectivity index (χ0) is 23.4. The van der Waals surface area contributed by atoms with Crippen molar-refractivity contribution in [1.82, 2.24) is 20.1 Å². The van der Waals surface area contributed by atoms with Crippen LogP contribution in [0.5, 0.6) is 5.75 Å². The first kappa shape index (κ1) is 23.9. The molecule has 2 unspecified atom stereocenters. The number of aromatic nitrogens is 1. The molecule has 3 aromatic rings. The van der Waals surface area contributed by atoms with Crippen molar-refractivity contribution in [2.45, 2.75) is 19.2 Å². The van der Waals surface area contributed by atoms with Crippen LogP contribution in [0.4, 0.5) is 9.18 Å². The van der Waals surface area contributed by atoms with Crippen LogP contribution in [-0.2, 0) is 0 Å². The van der Waals surface area contributed by atoms with E-state index in [1.54, 1.807) is 23.5 Å². The first-order valence-electron chi connectivity index (χ1n) is 10.8. The third kappa shape index (κ3) is 6.42. The first-order valence-corrected chi connectivity index (χ1v) is 12.0. The number of aliphatic hydroxyl groups is 1. The highest BCUT2D eigenvalue weighted by Gasteiger charge is 2.27. The molecule has 2 heterocycles. The summed E-state index contributed by atoms with van der Waals surface area (Å²) in [4.78, 5) is 20.4. The second kappa shape index (κ2) is 10.8. The van der Waals surface area contributed by atoms with E-state index in [2.05, 4.69) is 32.7 Å². The highest BCUT2D eigenvalue weighted by molar-refractivity contribution is 7.96. The van der Waals surface area contributed by atoms with Gasteiger partial charge in [0.25, 0.3) is 5.24 Å². The largest absolute Gasteiger partial charge is 0.491 e. The minimum absolute atomic E-state index is 0.197. The molecule has 1 aliphatic rings. The van der Waals surface area contributed by atoms with E-state index in [4.69, 9.17) is 4.74 Å². The van der Waals surface area contributed by atoms with Gasteiger partial charge in [-0.15, -0.1) is 11.3 Å². The van der Waals surface area contributed by atoms with E-state index in [0.717, 1.165) is 33.9 Å². The lowest BCUT2D eigenvalue weighted by atomic mass is 10.1. The van der Waals surface area contributed by atoms with E-state index in [1.807, 2.05) is 25.1 Å². The summed E-state index contributed by atoms with van der Waals surface area (Å²) < 4.78 is 20.2. The van der Waals surface area contributed by atoms with Crippen LogP contribution in [0, 0.1) is 12.7 Å². The number of halogens is 1. The van der Waals surface area contributed by atoms with Crippen LogP contribution in [-0.4, -0.2) is 70.6 Å². The molecule has 1 aromatic heterocycles. The Morgan fingerprint density at radius 3 is 2.67 bits per heavy atom. The number of hydrogen-bond donors (Lipinski definition) is 3. The Bertz CT molecular complexity index is 1090. The van der Waals surface area contributed by atoms with Crippen LogP contribution >= 0.6 is 24.0 Å². The monoisotopic (exact) mass is 490 g/mol. The molecular formula is C23H27FN4O3S2. The third-order valence-corrected chi connectivity index (χ3v) is 6.68. The van der Waals surface area contributed by atoms with Gasteiger partial charge in [0.15, 0.2) is 0 Å². The summed E-state index contributed by atoms with van der Waals surface area (Å²) in [5.74, 6) is 0.374. The number of fused-ring (bicyclic) bond motifs is 1. The Morgan fingerprint density at radius 2 is 1.97 bits per heavy atom. The quantitative estimate of drug-likeness (QED) is 0.420. The second-order valence-electron chi connectivity index (χ2n) is 8.07. The number of aryl methyl sites for hydroxylation is 1. The van der Waals surface area contributed by atoms with Gasteiger partial charge in [0, 0.05) is 38.8 Å². The van der Waals surface area contributed by atoms with Crippen LogP contribution < -0.4 is 10.1 Å². The molecule has 10 heteroatoms. The maximum atomic E-state index is 13.3. The zero-order valence-corrected chi connectivity index (χ0v) is 20.0. The Kier molecular flexibility index (Phi) is 7.82. The number of piperazine rings is 1. The molecule has 2 N–H and O–H groups in total. The summed E-state index contributed by atoms with van der Waals surface area (Å²) >= 11 is 5.50. The molecule has 0 bridgehead atoms. The van der Waals surface area contributed by atoms with Crippen molar-refractivity contribution in [1.29, 1.82) is 0 Å². The number of thiol groups is 1. The standard InChI is InChI=1S/C23H27FN4O3S2/c1-15-25-20-12-19(6-7-21(20)33-15)31-14-18(29)13-27-8-10-28(11-9-27)22(26-23(30)32)16-2-4-17(24)5-3-16/h2-7,12,18,22,29H,8-11,13-14H2,1H3,(H2,26,30,32). The average Bonchev–Trinajstić information content (AvgIpc) is 3.16. The highest BCUT2D eigenvalue weighted by Crippen LogP contribution is 2.26. The van der Waals surface area contributed by atoms with Crippen LogP contribution in [0.3, 0.4) is 0 Å². The molecule has 0 aliphatic carbocycles. The lowest BCUT2D eigenvalue weighted by molar-refractivity contribution is 0.0334. The number of β-amino-alcohol motifs (C(OH)–C–C–N with tert-alkyl or cyclic N) is 1. The summed E-state index contributed by atoms with van der Waals surface area (Å²) in [6.07, 6.45) is -1.01. The molecule has 33 heavy (non-hydrogen) atoms. The van der Waals surface area contributed by atoms with Crippen molar-refractivity contribution in [3.05, 3.63) is 58.9 Å². The number of rotatable bonds is 8. The molecular weight excluding hydrogens is 463 g/mol. The fourth-order valence-corrected chi connectivity index (χ4v) is 4.94. The number of benzene rings is 2. The molecule has 176 valence electrons. The number of nitrogens with zero attached hydrogens (tertiary/aromatic N) is 3. The van der Waals surface area contributed by atoms with Gasteiger partial charge < -0.3 is 15.2 Å². The fraction of sp³-hybridized carbons (Fsp3) is 0.391. The molecule has 7 nitrogen and oxygen atoms in total. The van der Waals surface area contributed by atoms with Gasteiger partial charge >= 0.3 is 0 Å². The van der Waals surface area contributed by atoms with Crippen LogP contribution in [0.15, 0.2) is 42.5 Å². The summed E-state index contributed by atoms with van der Waals surface area (Å²) in [6.45, 7) is 5.48. The van der Waals surface area contributed by atoms with Crippen molar-refractivity contribution in [3.8, 4) is 5.75 Å². The number of nitrogens with one attached hydrogen (secondary N) is 1. The van der Waals surface area contributed by atoms with E-state index in [0.29, 0.717) is 25.4 Å². The number of thiazole rings is 1. The van der Waals surface area contributed by atoms with E-state index >= 15 is 0 Å². The number of carbonyl (C=O) groups is 1. The predicted octanol–water partition coefficient (Wildman–Crippen LogP) is 3.44. The minimum atomic E-state index is -0.630. The summed E-state index contributed by atoms with van der Waals surface area (Å²) in [5.41, 5.74) is 1.71. The minimum Gasteiger partial charge on any atom is -0.491 e. The molecule has 1 saturated heterocycles. The molecule has 0 radical (unpaired) electrons. The van der Waals surface area contributed by atoms with Gasteiger partial charge in [-0.3, -0.25) is 14.6 Å². The highest BCUT2D eigenvalue weighted by atomic mass is 32.1. The van der Waals surface area contributed by atoms with Crippen molar-refractivity contribution in [3.63, 3.8) is 0 Å². The van der Waals surface area contributed by atoms with E-state index in [1.165, 1.54) is 12.1 Å². The second-order valence-corrected chi connectivity index (χ2v) is 9.71. The van der Waals surface area contributed by atoms with Crippen LogP contribution in [0.25, 0.3) is 10.2 Å². The van der Waals surface area contributed by atoms with Gasteiger partial charge in [0.05, 0.1) is 15.2 Å². The van der Waals surface area contributed by atoms with Gasteiger partial charge in [-0.05, 0) is 36.8 Å². The van der Waals surface area contributed by atoms with Gasteiger partial charge in [0.1, 0.15) is 30.4 Å². The molecule has 1 amide bonds. The number of hydrogen-bond acceptors (Lipinski definition) is 7. The summed E-state index contributed by atoms with van der Waals surface area (Å²) in [5, 5.41) is 13.9. The average molecular weight is 491 g/mol. The fourth-order valence-electron chi connectivity index (χ4n) is 4.01. The van der Waals surface area contributed by atoms with Gasteiger partial charge in [-0.1, -0.05) is 24.8 Å². The first-order chi connectivity index (χ1) is 15.9. The van der Waals surface area contributed by atoms with Crippen molar-refractivity contribution >= 4 is 39.4 Å². The number of ether oxygens (including phenoxy) is 1. The zero-order valence-electron chi connectivity index (χ0n) is 18.3. The maximum absolute atomic E-state index is 13.3. The molecule has 4 rings (SSSR count). The Balaban J connectivity index is 1.27. The molecule has 0 saturated carbocycles. The van der Waals surface area contributed by atoms with E-state index in [-0.39, 0.29) is 18.6 Å². The molecule has 2 atom stereocenters. The maximum Gasteiger partial charge on any atom is 0.277 e. The number of carbonyl (C=O) groups excluding carboxylic acids is 1. The lowest BCUT2D eigenvalue weighted by Gasteiger charge is -2.40. The summed E-state index contributed by atoms with van der Waals surface area (Å²) in [7, 11) is 0. The van der Waals surface area contributed by atoms with E-state index < -0.39 is 11.3 Å². The van der Waals surface area contributed by atoms with Crippen LogP contribution in [0.1, 0.15) is 16.7 Å². The Hall–Kier alpha value is -2.24. The lowest BCUT2D eigenvalue weighted by Crippen LogP contribution is -2.52. The Morgan fingerprint density at radius 1 is 1.24 bits per heavy atom. The molecule has 2 aromatic carbocycles. The van der Waals surface area contributed by atoms with Gasteiger partial charge in [0.2, 0.25) is 0 Å². The van der Waals surface area contributed by atoms with Gasteiger partial charge in [-0.2, -0.15) is 0 Å². The topological polar surface area (TPSA) is 77.9 Å². The predicted molar refractivity (Wildman–Crippen MR) is 131 cm³/mol. The smallest absolute Gasteiger partial charge is 0.277 e. The molecule has 1 aliphatic heterocycles. The Labute approximate surface area is 201 Å². The molecule has 0 spiro atoms. The number of amides is 1. The van der Waals surface area contributed by atoms with Crippen molar-refractivity contribution in [2.75, 3.05) is 39.3 Å². The van der Waals surface area contributed by atoms with E-state index in [9.17, 15) is 14.3 Å². The van der Waals surface area contributed by atoms with Crippen molar-refractivity contribution in [2.24, 2.45) is 0 Å². The SMILES string of the molecule is Cc1nc2cc(OCC(O)CN3CCN(C(NC(=O)S)c4ccc(F)cc4)CC3)ccc2s1. The number of aliphatic hydroxyl groups excluding tert-OH is 1. The van der Waals surface area contributed by atoms with Crippen molar-refractivity contribution < 1.29 is 19.0 Å². The summed E-state index contributed by atoms with van der Waals surface area (Å²) in [6, 6.07) is 11.9. The third-order valence-electron chi connectivity index (χ3n) is 5.60. The van der Waals surface area contributed by atoms with Gasteiger partial charge in [-0.25, -0.2) is 9.37 Å². The normalized spacial score (nSPS) is 17.1. The van der Waals surface area contributed by atoms with Crippen LogP contribution in [0.2, 0.25) is 0 Å². The molecule has 1 fully saturated rings.